The van der Waals surface area contributed by atoms with Crippen LogP contribution >= 0.6 is 15.9 Å². The number of carbonyl (C=O) groups is 1. The fraction of sp³-hybridized carbons (Fsp3) is 0.300. The molecule has 1 rings (SSSR count). The van der Waals surface area contributed by atoms with Crippen molar-refractivity contribution < 1.29 is 9.90 Å². The van der Waals surface area contributed by atoms with E-state index in [0.29, 0.717) is 10.0 Å². The summed E-state index contributed by atoms with van der Waals surface area (Å²) in [6, 6.07) is 3.29. The fourth-order valence-corrected chi connectivity index (χ4v) is 1.74. The smallest absolute Gasteiger partial charge is 0.181 e. The predicted molar refractivity (Wildman–Crippen MR) is 58.8 cm³/mol. The first-order valence-electron chi connectivity index (χ1n) is 4.23. The number of rotatable bonds is 3. The van der Waals surface area contributed by atoms with Crippen LogP contribution in [0.3, 0.4) is 0 Å². The number of hydrogen-bond donors (Lipinski definition) is 2. The lowest BCUT2D eigenvalue weighted by Crippen LogP contribution is -2.19. The van der Waals surface area contributed by atoms with Crippen LogP contribution in [-0.2, 0) is 0 Å². The predicted octanol–water partition coefficient (Wildman–Crippen LogP) is 1.87. The Bertz CT molecular complexity index is 363. The molecule has 1 aromatic rings. The van der Waals surface area contributed by atoms with Gasteiger partial charge in [-0.25, -0.2) is 0 Å². The van der Waals surface area contributed by atoms with Crippen molar-refractivity contribution in [2.24, 2.45) is 0 Å². The molecule has 0 heterocycles. The Kier molecular flexibility index (Phi) is 3.66. The number of carbonyl (C=O) groups excluding carboxylic acids is 1. The van der Waals surface area contributed by atoms with Gasteiger partial charge in [0, 0.05) is 4.47 Å². The maximum Gasteiger partial charge on any atom is 0.181 e. The summed E-state index contributed by atoms with van der Waals surface area (Å²) in [5.41, 5.74) is 1.28. The Morgan fingerprint density at radius 3 is 2.79 bits per heavy atom. The molecule has 0 saturated carbocycles. The Morgan fingerprint density at radius 2 is 2.21 bits per heavy atom. The summed E-state index contributed by atoms with van der Waals surface area (Å²) in [5, 5.41) is 12.3. The molecule has 0 aliphatic heterocycles. The number of phenols is 1. The highest BCUT2D eigenvalue weighted by Gasteiger charge is 2.15. The number of aromatic hydroxyl groups is 1. The monoisotopic (exact) mass is 257 g/mol. The van der Waals surface area contributed by atoms with Gasteiger partial charge < -0.3 is 10.4 Å². The molecule has 0 spiro atoms. The molecule has 0 amide bonds. The van der Waals surface area contributed by atoms with E-state index < -0.39 is 0 Å². The number of likely N-dealkylation sites (N-methyl/N-ethyl adjacent to an activating group) is 1. The fourth-order valence-electron chi connectivity index (χ4n) is 1.18. The lowest BCUT2D eigenvalue weighted by molar-refractivity contribution is 0.0990. The van der Waals surface area contributed by atoms with Crippen LogP contribution < -0.4 is 5.32 Å². The van der Waals surface area contributed by atoms with Gasteiger partial charge in [-0.15, -0.1) is 0 Å². The number of Topliss-reactive ketones (excluding diaryl/α,β-unsaturated/α-hetero) is 1. The van der Waals surface area contributed by atoms with Crippen molar-refractivity contribution in [1.82, 2.24) is 5.32 Å². The van der Waals surface area contributed by atoms with Crippen LogP contribution in [0.5, 0.6) is 5.75 Å². The zero-order valence-electron chi connectivity index (χ0n) is 8.10. The lowest BCUT2D eigenvalue weighted by Gasteiger charge is -2.08. The van der Waals surface area contributed by atoms with E-state index in [2.05, 4.69) is 21.2 Å². The summed E-state index contributed by atoms with van der Waals surface area (Å²) in [6.07, 6.45) is 0. The average molecular weight is 258 g/mol. The van der Waals surface area contributed by atoms with Crippen LogP contribution in [0.1, 0.15) is 15.9 Å². The van der Waals surface area contributed by atoms with Crippen LogP contribution in [0, 0.1) is 6.92 Å². The Morgan fingerprint density at radius 1 is 1.57 bits per heavy atom. The van der Waals surface area contributed by atoms with E-state index in [9.17, 15) is 9.90 Å². The second-order valence-electron chi connectivity index (χ2n) is 3.04. The van der Waals surface area contributed by atoms with Gasteiger partial charge in [-0.05, 0) is 41.5 Å². The molecule has 0 aliphatic carbocycles. The van der Waals surface area contributed by atoms with Crippen LogP contribution in [-0.4, -0.2) is 24.5 Å². The third-order valence-corrected chi connectivity index (χ3v) is 2.95. The molecule has 4 heteroatoms. The Hall–Kier alpha value is -0.870. The molecule has 0 bridgehead atoms. The molecule has 76 valence electrons. The van der Waals surface area contributed by atoms with Gasteiger partial charge in [-0.3, -0.25) is 4.79 Å². The molecule has 0 aliphatic rings. The zero-order chi connectivity index (χ0) is 10.7. The van der Waals surface area contributed by atoms with Gasteiger partial charge in [0.2, 0.25) is 0 Å². The molecule has 0 aromatic heterocycles. The van der Waals surface area contributed by atoms with Gasteiger partial charge >= 0.3 is 0 Å². The first-order valence-corrected chi connectivity index (χ1v) is 5.03. The topological polar surface area (TPSA) is 49.3 Å². The summed E-state index contributed by atoms with van der Waals surface area (Å²) >= 11 is 3.29. The van der Waals surface area contributed by atoms with Crippen LogP contribution in [0.25, 0.3) is 0 Å². The molecule has 0 unspecified atom stereocenters. The molecule has 2 N–H and O–H groups in total. The summed E-state index contributed by atoms with van der Waals surface area (Å²) < 4.78 is 0.665. The van der Waals surface area contributed by atoms with Gasteiger partial charge in [0.25, 0.3) is 0 Å². The van der Waals surface area contributed by atoms with E-state index >= 15 is 0 Å². The largest absolute Gasteiger partial charge is 0.507 e. The van der Waals surface area contributed by atoms with Gasteiger partial charge in [0.05, 0.1) is 12.1 Å². The second kappa shape index (κ2) is 4.57. The number of hydrogen-bond acceptors (Lipinski definition) is 3. The minimum Gasteiger partial charge on any atom is -0.507 e. The zero-order valence-corrected chi connectivity index (χ0v) is 9.68. The first kappa shape index (κ1) is 11.2. The van der Waals surface area contributed by atoms with Gasteiger partial charge in [-0.1, -0.05) is 6.07 Å². The molecular formula is C10H12BrNO2. The number of benzene rings is 1. The Balaban J connectivity index is 3.18. The minimum atomic E-state index is -0.124. The van der Waals surface area contributed by atoms with Gasteiger partial charge in [0.15, 0.2) is 5.78 Å². The van der Waals surface area contributed by atoms with E-state index in [4.69, 9.17) is 0 Å². The molecular weight excluding hydrogens is 246 g/mol. The quantitative estimate of drug-likeness (QED) is 0.813. The number of aryl methyl sites for hydroxylation is 1. The third kappa shape index (κ3) is 2.13. The van der Waals surface area contributed by atoms with Crippen LogP contribution in [0.2, 0.25) is 0 Å². The maximum absolute atomic E-state index is 11.6. The summed E-state index contributed by atoms with van der Waals surface area (Å²) in [4.78, 5) is 11.6. The minimum absolute atomic E-state index is 0.0164. The summed E-state index contributed by atoms with van der Waals surface area (Å²) in [6.45, 7) is 2.09. The lowest BCUT2D eigenvalue weighted by atomic mass is 10.1. The van der Waals surface area contributed by atoms with E-state index in [1.807, 2.05) is 6.92 Å². The average Bonchev–Trinajstić information content (AvgIpc) is 2.13. The van der Waals surface area contributed by atoms with Crippen molar-refractivity contribution in [2.45, 2.75) is 6.92 Å². The van der Waals surface area contributed by atoms with Crippen molar-refractivity contribution in [3.8, 4) is 5.75 Å². The van der Waals surface area contributed by atoms with Crippen LogP contribution in [0.15, 0.2) is 16.6 Å². The van der Waals surface area contributed by atoms with Crippen molar-refractivity contribution in [2.75, 3.05) is 13.6 Å². The number of phenolic OH excluding ortho intramolecular Hbond substituents is 1. The summed E-state index contributed by atoms with van der Waals surface area (Å²) in [7, 11) is 1.69. The molecule has 0 atom stereocenters. The third-order valence-electron chi connectivity index (χ3n) is 1.93. The highest BCUT2D eigenvalue weighted by Crippen LogP contribution is 2.29. The van der Waals surface area contributed by atoms with Crippen molar-refractivity contribution >= 4 is 21.7 Å². The molecule has 0 fully saturated rings. The summed E-state index contributed by atoms with van der Waals surface area (Å²) in [5.74, 6) is -0.108. The van der Waals surface area contributed by atoms with Crippen molar-refractivity contribution in [1.29, 1.82) is 0 Å². The normalized spacial score (nSPS) is 10.2. The molecule has 3 nitrogen and oxygen atoms in total. The standard InChI is InChI=1S/C10H12BrNO2/c1-6-3-4-7(13)9(10(6)11)8(14)5-12-2/h3-4,12-13H,5H2,1-2H3. The molecule has 0 saturated heterocycles. The second-order valence-corrected chi connectivity index (χ2v) is 3.84. The highest BCUT2D eigenvalue weighted by atomic mass is 79.9. The van der Waals surface area contributed by atoms with E-state index in [1.165, 1.54) is 6.07 Å². The number of ketones is 1. The van der Waals surface area contributed by atoms with E-state index in [1.54, 1.807) is 13.1 Å². The SMILES string of the molecule is CNCC(=O)c1c(O)ccc(C)c1Br. The highest BCUT2D eigenvalue weighted by molar-refractivity contribution is 9.10. The molecule has 0 radical (unpaired) electrons. The Labute approximate surface area is 91.3 Å². The first-order chi connectivity index (χ1) is 6.57. The van der Waals surface area contributed by atoms with E-state index in [0.717, 1.165) is 5.56 Å². The van der Waals surface area contributed by atoms with E-state index in [-0.39, 0.29) is 18.1 Å². The van der Waals surface area contributed by atoms with Crippen molar-refractivity contribution in [3.63, 3.8) is 0 Å². The maximum atomic E-state index is 11.6. The molecule has 1 aromatic carbocycles. The van der Waals surface area contributed by atoms with Gasteiger partial charge in [-0.2, -0.15) is 0 Å². The van der Waals surface area contributed by atoms with Gasteiger partial charge in [0.1, 0.15) is 5.75 Å². The van der Waals surface area contributed by atoms with Crippen molar-refractivity contribution in [3.05, 3.63) is 27.7 Å². The molecule has 14 heavy (non-hydrogen) atoms. The van der Waals surface area contributed by atoms with Crippen LogP contribution in [0.4, 0.5) is 0 Å². The number of halogens is 1. The number of nitrogens with one attached hydrogen (secondary N) is 1.